The number of ether oxygens (including phenoxy) is 3. The van der Waals surface area contributed by atoms with Crippen LogP contribution < -0.4 is 0 Å². The molecule has 0 aliphatic carbocycles. The number of phosphoric ester groups is 1. The first-order chi connectivity index (χ1) is 38.2. The van der Waals surface area contributed by atoms with Gasteiger partial charge in [0.15, 0.2) is 6.10 Å². The van der Waals surface area contributed by atoms with Gasteiger partial charge in [0.25, 0.3) is 0 Å². The lowest BCUT2D eigenvalue weighted by molar-refractivity contribution is -0.161. The number of hydrogen-bond acceptors (Lipinski definition) is 10. The van der Waals surface area contributed by atoms with Crippen molar-refractivity contribution in [3.63, 3.8) is 0 Å². The Balaban J connectivity index is 4.73. The summed E-state index contributed by atoms with van der Waals surface area (Å²) in [5.74, 6) is -1.49. The van der Waals surface area contributed by atoms with Crippen molar-refractivity contribution in [1.82, 2.24) is 0 Å². The summed E-state index contributed by atoms with van der Waals surface area (Å²) in [7, 11) is -4.76. The highest BCUT2D eigenvalue weighted by molar-refractivity contribution is 7.47. The maximum absolute atomic E-state index is 12.9. The van der Waals surface area contributed by atoms with Gasteiger partial charge in [0.1, 0.15) is 12.7 Å². The number of rotatable bonds is 59. The van der Waals surface area contributed by atoms with E-state index in [1.807, 2.05) is 0 Å². The van der Waals surface area contributed by atoms with Gasteiger partial charge in [-0.1, -0.05) is 254 Å². The van der Waals surface area contributed by atoms with Crippen LogP contribution in [-0.4, -0.2) is 66.5 Å². The standard InChI is InChI=1S/C66H117O11P/c1-4-7-10-13-16-19-22-25-28-30-31-33-35-37-40-43-46-49-52-55-64(68)73-59-63(77-66(70)57-54-51-48-45-42-39-36-32-29-26-23-20-17-14-11-8-5-2)61-75-78(71,72)74-60-62(58-67)76-65(69)56-53-50-47-44-41-38-34-27-24-21-18-15-12-9-6-3/h8,11,17-18,20-21,26-27,29,34,36,39,62-63,67H,4-7,9-10,12-16,19,22-25,28,30-33,35,37-38,40-61H2,1-3H3,(H,71,72)/b11-8-,20-17-,21-18-,29-26-,34-27-,39-36-. The lowest BCUT2D eigenvalue weighted by Gasteiger charge is -2.21. The van der Waals surface area contributed by atoms with Crippen LogP contribution in [0.25, 0.3) is 0 Å². The molecule has 0 bridgehead atoms. The highest BCUT2D eigenvalue weighted by Gasteiger charge is 2.28. The van der Waals surface area contributed by atoms with Crippen LogP contribution in [0.1, 0.15) is 290 Å². The maximum atomic E-state index is 12.9. The first-order valence-corrected chi connectivity index (χ1v) is 33.3. The monoisotopic (exact) mass is 1120 g/mol. The number of phosphoric acid groups is 1. The van der Waals surface area contributed by atoms with Crippen LogP contribution in [0.2, 0.25) is 0 Å². The van der Waals surface area contributed by atoms with Crippen LogP contribution in [0.15, 0.2) is 72.9 Å². The van der Waals surface area contributed by atoms with E-state index in [0.29, 0.717) is 19.3 Å². The van der Waals surface area contributed by atoms with Crippen molar-refractivity contribution < 1.29 is 52.2 Å². The zero-order valence-electron chi connectivity index (χ0n) is 50.1. The van der Waals surface area contributed by atoms with Gasteiger partial charge in [-0.3, -0.25) is 23.4 Å². The quantitative estimate of drug-likeness (QED) is 0.0197. The second-order valence-electron chi connectivity index (χ2n) is 21.2. The third-order valence-corrected chi connectivity index (χ3v) is 14.6. The summed E-state index contributed by atoms with van der Waals surface area (Å²) in [6, 6.07) is 0. The fourth-order valence-electron chi connectivity index (χ4n) is 8.79. The molecular weight excluding hydrogens is 1000 g/mol. The molecule has 78 heavy (non-hydrogen) atoms. The van der Waals surface area contributed by atoms with E-state index in [1.165, 1.54) is 116 Å². The number of hydrogen-bond donors (Lipinski definition) is 2. The second-order valence-corrected chi connectivity index (χ2v) is 22.7. The largest absolute Gasteiger partial charge is 0.472 e. The molecule has 3 atom stereocenters. The van der Waals surface area contributed by atoms with E-state index in [-0.39, 0.29) is 25.9 Å². The molecule has 2 N–H and O–H groups in total. The molecule has 0 amide bonds. The molecule has 0 aliphatic heterocycles. The van der Waals surface area contributed by atoms with Gasteiger partial charge in [-0.05, 0) is 89.9 Å². The van der Waals surface area contributed by atoms with Gasteiger partial charge in [0.05, 0.1) is 19.8 Å². The van der Waals surface area contributed by atoms with Crippen LogP contribution >= 0.6 is 7.82 Å². The van der Waals surface area contributed by atoms with Gasteiger partial charge < -0.3 is 24.2 Å². The minimum atomic E-state index is -4.76. The van der Waals surface area contributed by atoms with Crippen LogP contribution in [0.5, 0.6) is 0 Å². The molecule has 0 aliphatic rings. The Kier molecular flexibility index (Phi) is 57.7. The van der Waals surface area contributed by atoms with Gasteiger partial charge in [-0.25, -0.2) is 4.57 Å². The lowest BCUT2D eigenvalue weighted by Crippen LogP contribution is -2.30. The molecule has 0 spiro atoms. The fraction of sp³-hybridized carbons (Fsp3) is 0.773. The summed E-state index contributed by atoms with van der Waals surface area (Å²) in [6.45, 7) is 4.51. The van der Waals surface area contributed by atoms with E-state index >= 15 is 0 Å². The SMILES string of the molecule is CC/C=C\C/C=C\C/C=C\C/C=C\CCCCCCC(=O)OC(COC(=O)CCCCCCCCCCCCCCCCCCCCC)COP(=O)(O)OCC(CO)OC(=O)CCCCCCC/C=C\C/C=C\CCCCC. The van der Waals surface area contributed by atoms with E-state index in [1.54, 1.807) is 0 Å². The first kappa shape index (κ1) is 74.9. The van der Waals surface area contributed by atoms with Gasteiger partial charge >= 0.3 is 25.7 Å². The van der Waals surface area contributed by atoms with Crippen LogP contribution in [-0.2, 0) is 42.2 Å². The Hall–Kier alpha value is -3.08. The van der Waals surface area contributed by atoms with Crippen molar-refractivity contribution in [3.05, 3.63) is 72.9 Å². The van der Waals surface area contributed by atoms with Crippen molar-refractivity contribution >= 4 is 25.7 Å². The van der Waals surface area contributed by atoms with Gasteiger partial charge in [-0.2, -0.15) is 0 Å². The zero-order valence-corrected chi connectivity index (χ0v) is 51.0. The van der Waals surface area contributed by atoms with Crippen LogP contribution in [0, 0.1) is 0 Å². The predicted octanol–water partition coefficient (Wildman–Crippen LogP) is 19.3. The van der Waals surface area contributed by atoms with Crippen molar-refractivity contribution in [2.24, 2.45) is 0 Å². The summed E-state index contributed by atoms with van der Waals surface area (Å²) >= 11 is 0. The number of esters is 3. The summed E-state index contributed by atoms with van der Waals surface area (Å²) in [6.07, 6.45) is 68.5. The highest BCUT2D eigenvalue weighted by atomic mass is 31.2. The van der Waals surface area contributed by atoms with E-state index in [0.717, 1.165) is 116 Å². The number of carbonyl (C=O) groups is 3. The highest BCUT2D eigenvalue weighted by Crippen LogP contribution is 2.43. The average Bonchev–Trinajstić information content (AvgIpc) is 3.43. The van der Waals surface area contributed by atoms with Gasteiger partial charge in [0.2, 0.25) is 0 Å². The topological polar surface area (TPSA) is 155 Å². The van der Waals surface area contributed by atoms with Crippen molar-refractivity contribution in [2.75, 3.05) is 26.4 Å². The predicted molar refractivity (Wildman–Crippen MR) is 325 cm³/mol. The molecule has 0 saturated carbocycles. The molecule has 0 aromatic rings. The van der Waals surface area contributed by atoms with Crippen LogP contribution in [0.4, 0.5) is 0 Å². The van der Waals surface area contributed by atoms with Crippen molar-refractivity contribution in [3.8, 4) is 0 Å². The fourth-order valence-corrected chi connectivity index (χ4v) is 9.57. The van der Waals surface area contributed by atoms with E-state index in [9.17, 15) is 28.9 Å². The summed E-state index contributed by atoms with van der Waals surface area (Å²) in [4.78, 5) is 48.7. The number of aliphatic hydroxyl groups is 1. The van der Waals surface area contributed by atoms with E-state index in [2.05, 4.69) is 93.7 Å². The maximum Gasteiger partial charge on any atom is 0.472 e. The molecule has 12 heteroatoms. The van der Waals surface area contributed by atoms with Crippen molar-refractivity contribution in [2.45, 2.75) is 303 Å². The summed E-state index contributed by atoms with van der Waals surface area (Å²) < 4.78 is 39.6. The third-order valence-electron chi connectivity index (χ3n) is 13.6. The van der Waals surface area contributed by atoms with Crippen molar-refractivity contribution in [1.29, 1.82) is 0 Å². The molecule has 3 unspecified atom stereocenters. The van der Waals surface area contributed by atoms with Gasteiger partial charge in [0, 0.05) is 19.3 Å². The molecule has 0 aromatic heterocycles. The minimum absolute atomic E-state index is 0.139. The molecule has 0 rings (SSSR count). The normalized spacial score (nSPS) is 13.8. The molecule has 11 nitrogen and oxygen atoms in total. The zero-order chi connectivity index (χ0) is 56.9. The Bertz CT molecular complexity index is 1590. The summed E-state index contributed by atoms with van der Waals surface area (Å²) in [5, 5.41) is 9.84. The Morgan fingerprint density at radius 1 is 0.372 bits per heavy atom. The third kappa shape index (κ3) is 57.6. The molecule has 0 radical (unpaired) electrons. The van der Waals surface area contributed by atoms with E-state index in [4.69, 9.17) is 23.3 Å². The second kappa shape index (κ2) is 60.0. The number of allylic oxidation sites excluding steroid dienone is 12. The number of unbranched alkanes of at least 4 members (excludes halogenated alkanes) is 30. The first-order valence-electron chi connectivity index (χ1n) is 31.8. The smallest absolute Gasteiger partial charge is 0.462 e. The molecule has 452 valence electrons. The van der Waals surface area contributed by atoms with Crippen LogP contribution in [0.3, 0.4) is 0 Å². The average molecular weight is 1120 g/mol. The summed E-state index contributed by atoms with van der Waals surface area (Å²) in [5.41, 5.74) is 0. The Labute approximate surface area is 478 Å². The minimum Gasteiger partial charge on any atom is -0.462 e. The Morgan fingerprint density at radius 2 is 0.667 bits per heavy atom. The molecular formula is C66H117O11P. The van der Waals surface area contributed by atoms with Gasteiger partial charge in [-0.15, -0.1) is 0 Å². The Morgan fingerprint density at radius 3 is 1.05 bits per heavy atom. The molecule has 0 aromatic carbocycles. The lowest BCUT2D eigenvalue weighted by atomic mass is 10.0. The number of aliphatic hydroxyl groups excluding tert-OH is 1. The molecule has 0 saturated heterocycles. The molecule has 0 heterocycles. The number of carbonyl (C=O) groups excluding carboxylic acids is 3. The van der Waals surface area contributed by atoms with E-state index < -0.39 is 57.8 Å². The molecule has 0 fully saturated rings.